The van der Waals surface area contributed by atoms with Gasteiger partial charge in [0, 0.05) is 19.1 Å². The third-order valence-corrected chi connectivity index (χ3v) is 7.49. The molecule has 2 saturated carbocycles. The molecule has 1 saturated heterocycles. The van der Waals surface area contributed by atoms with Crippen LogP contribution in [0.5, 0.6) is 0 Å². The minimum Gasteiger partial charge on any atom is -0.317 e. The third-order valence-electron chi connectivity index (χ3n) is 6.22. The Morgan fingerprint density at radius 3 is 2.62 bits per heavy atom. The van der Waals surface area contributed by atoms with Crippen LogP contribution in [0.25, 0.3) is 0 Å². The topological polar surface area (TPSA) is 49.4 Å². The summed E-state index contributed by atoms with van der Waals surface area (Å²) in [6.45, 7) is 1.45. The Balaban J connectivity index is 1.59. The molecule has 3 rings (SSSR count). The largest absolute Gasteiger partial charge is 0.317 e. The molecule has 2 bridgehead atoms. The van der Waals surface area contributed by atoms with Crippen molar-refractivity contribution in [3.05, 3.63) is 0 Å². The van der Waals surface area contributed by atoms with Gasteiger partial charge in [-0.3, -0.25) is 0 Å². The van der Waals surface area contributed by atoms with E-state index in [2.05, 4.69) is 12.4 Å². The minimum atomic E-state index is -3.02. The van der Waals surface area contributed by atoms with Gasteiger partial charge in [0.05, 0.1) is 6.26 Å². The highest BCUT2D eigenvalue weighted by Crippen LogP contribution is 2.50. The Hall–Kier alpha value is -0.130. The summed E-state index contributed by atoms with van der Waals surface area (Å²) in [6.07, 6.45) is 10.4. The monoisotopic (exact) mass is 314 g/mol. The summed E-state index contributed by atoms with van der Waals surface area (Å²) in [6, 6.07) is 0.588. The van der Waals surface area contributed by atoms with Gasteiger partial charge in [-0.2, -0.15) is 0 Å². The van der Waals surface area contributed by atoms with Crippen LogP contribution >= 0.6 is 0 Å². The van der Waals surface area contributed by atoms with Gasteiger partial charge < -0.3 is 5.32 Å². The standard InChI is InChI=1S/C16H30N2O2S/c1-17-16(15-9-12-5-6-14(15)8-12)10-13-4-3-7-18(11-13)21(2,19)20/h12-17H,3-11H2,1-2H3. The highest BCUT2D eigenvalue weighted by atomic mass is 32.2. The first-order chi connectivity index (χ1) is 9.97. The van der Waals surface area contributed by atoms with Gasteiger partial charge in [-0.05, 0) is 69.2 Å². The lowest BCUT2D eigenvalue weighted by Crippen LogP contribution is -2.44. The molecule has 0 spiro atoms. The van der Waals surface area contributed by atoms with Crippen molar-refractivity contribution in [2.24, 2.45) is 23.7 Å². The molecule has 4 nitrogen and oxygen atoms in total. The molecule has 0 amide bonds. The number of hydrogen-bond acceptors (Lipinski definition) is 3. The Bertz CT molecular complexity index is 465. The summed E-state index contributed by atoms with van der Waals surface area (Å²) in [5.74, 6) is 3.28. The van der Waals surface area contributed by atoms with Crippen LogP contribution in [0.1, 0.15) is 44.9 Å². The van der Waals surface area contributed by atoms with Crippen LogP contribution in [0.2, 0.25) is 0 Å². The first kappa shape index (κ1) is 15.8. The van der Waals surface area contributed by atoms with Crippen LogP contribution in [0, 0.1) is 23.7 Å². The fraction of sp³-hybridized carbons (Fsp3) is 1.00. The maximum atomic E-state index is 11.8. The normalized spacial score (nSPS) is 38.8. The van der Waals surface area contributed by atoms with Gasteiger partial charge in [0.1, 0.15) is 0 Å². The Kier molecular flexibility index (Phi) is 4.63. The molecule has 122 valence electrons. The molecule has 5 unspecified atom stereocenters. The predicted octanol–water partition coefficient (Wildman–Crippen LogP) is 2.07. The molecule has 1 aliphatic heterocycles. The Labute approximate surface area is 129 Å². The van der Waals surface area contributed by atoms with Crippen LogP contribution in [-0.4, -0.2) is 45.2 Å². The van der Waals surface area contributed by atoms with Crippen molar-refractivity contribution in [1.29, 1.82) is 0 Å². The molecule has 3 fully saturated rings. The molecular formula is C16H30N2O2S. The Morgan fingerprint density at radius 1 is 1.24 bits per heavy atom. The van der Waals surface area contributed by atoms with Gasteiger partial charge in [0.2, 0.25) is 10.0 Å². The summed E-state index contributed by atoms with van der Waals surface area (Å²) in [5.41, 5.74) is 0. The lowest BCUT2D eigenvalue weighted by molar-refractivity contribution is 0.187. The third kappa shape index (κ3) is 3.45. The number of piperidine rings is 1. The summed E-state index contributed by atoms with van der Waals surface area (Å²) in [5, 5.41) is 3.56. The van der Waals surface area contributed by atoms with E-state index in [0.717, 1.165) is 37.1 Å². The summed E-state index contributed by atoms with van der Waals surface area (Å²) in [4.78, 5) is 0. The maximum Gasteiger partial charge on any atom is 0.211 e. The van der Waals surface area contributed by atoms with E-state index in [1.807, 2.05) is 0 Å². The lowest BCUT2D eigenvalue weighted by atomic mass is 9.78. The van der Waals surface area contributed by atoms with Gasteiger partial charge in [-0.15, -0.1) is 0 Å². The zero-order chi connectivity index (χ0) is 15.0. The quantitative estimate of drug-likeness (QED) is 0.845. The zero-order valence-electron chi connectivity index (χ0n) is 13.4. The average Bonchev–Trinajstić information content (AvgIpc) is 3.07. The van der Waals surface area contributed by atoms with E-state index in [9.17, 15) is 8.42 Å². The molecule has 0 radical (unpaired) electrons. The van der Waals surface area contributed by atoms with Crippen LogP contribution in [0.15, 0.2) is 0 Å². The van der Waals surface area contributed by atoms with Crippen molar-refractivity contribution in [2.45, 2.75) is 51.0 Å². The Morgan fingerprint density at radius 2 is 2.05 bits per heavy atom. The second kappa shape index (κ2) is 6.17. The highest BCUT2D eigenvalue weighted by molar-refractivity contribution is 7.88. The van der Waals surface area contributed by atoms with E-state index in [1.165, 1.54) is 38.4 Å². The van der Waals surface area contributed by atoms with E-state index in [-0.39, 0.29) is 0 Å². The molecule has 0 aromatic heterocycles. The molecular weight excluding hydrogens is 284 g/mol. The molecule has 0 aromatic rings. The molecule has 3 aliphatic rings. The molecule has 0 aromatic carbocycles. The number of rotatable bonds is 5. The summed E-state index contributed by atoms with van der Waals surface area (Å²) >= 11 is 0. The number of hydrogen-bond donors (Lipinski definition) is 1. The van der Waals surface area contributed by atoms with Gasteiger partial charge in [0.25, 0.3) is 0 Å². The van der Waals surface area contributed by atoms with Gasteiger partial charge in [-0.25, -0.2) is 12.7 Å². The fourth-order valence-corrected chi connectivity index (χ4v) is 6.12. The lowest BCUT2D eigenvalue weighted by Gasteiger charge is -2.36. The first-order valence-electron chi connectivity index (χ1n) is 8.59. The van der Waals surface area contributed by atoms with Crippen molar-refractivity contribution in [3.8, 4) is 0 Å². The smallest absolute Gasteiger partial charge is 0.211 e. The molecule has 2 aliphatic carbocycles. The van der Waals surface area contributed by atoms with Crippen molar-refractivity contribution < 1.29 is 8.42 Å². The summed E-state index contributed by atoms with van der Waals surface area (Å²) < 4.78 is 25.2. The second-order valence-electron chi connectivity index (χ2n) is 7.60. The average molecular weight is 314 g/mol. The maximum absolute atomic E-state index is 11.8. The van der Waals surface area contributed by atoms with Crippen molar-refractivity contribution in [3.63, 3.8) is 0 Å². The second-order valence-corrected chi connectivity index (χ2v) is 9.58. The van der Waals surface area contributed by atoms with E-state index in [4.69, 9.17) is 0 Å². The minimum absolute atomic E-state index is 0.532. The van der Waals surface area contributed by atoms with Crippen LogP contribution in [0.4, 0.5) is 0 Å². The predicted molar refractivity (Wildman–Crippen MR) is 85.5 cm³/mol. The number of sulfonamides is 1. The van der Waals surface area contributed by atoms with Gasteiger partial charge >= 0.3 is 0 Å². The van der Waals surface area contributed by atoms with Crippen molar-refractivity contribution in [2.75, 3.05) is 26.4 Å². The first-order valence-corrected chi connectivity index (χ1v) is 10.4. The highest BCUT2D eigenvalue weighted by Gasteiger charge is 2.43. The molecule has 1 N–H and O–H groups in total. The van der Waals surface area contributed by atoms with Gasteiger partial charge in [0.15, 0.2) is 0 Å². The van der Waals surface area contributed by atoms with Crippen molar-refractivity contribution in [1.82, 2.24) is 9.62 Å². The van der Waals surface area contributed by atoms with E-state index in [0.29, 0.717) is 18.5 Å². The van der Waals surface area contributed by atoms with E-state index < -0.39 is 10.0 Å². The van der Waals surface area contributed by atoms with Gasteiger partial charge in [-0.1, -0.05) is 6.42 Å². The van der Waals surface area contributed by atoms with Crippen LogP contribution in [-0.2, 0) is 10.0 Å². The number of nitrogens with one attached hydrogen (secondary N) is 1. The molecule has 1 heterocycles. The number of nitrogens with zero attached hydrogens (tertiary/aromatic N) is 1. The molecule has 5 atom stereocenters. The van der Waals surface area contributed by atoms with E-state index in [1.54, 1.807) is 4.31 Å². The van der Waals surface area contributed by atoms with Crippen LogP contribution < -0.4 is 5.32 Å². The van der Waals surface area contributed by atoms with Crippen LogP contribution in [0.3, 0.4) is 0 Å². The molecule has 5 heteroatoms. The fourth-order valence-electron chi connectivity index (χ4n) is 5.17. The summed E-state index contributed by atoms with van der Waals surface area (Å²) in [7, 11) is -0.925. The molecule has 21 heavy (non-hydrogen) atoms. The van der Waals surface area contributed by atoms with Crippen molar-refractivity contribution >= 4 is 10.0 Å². The SMILES string of the molecule is CNC(CC1CCCN(S(C)(=O)=O)C1)C1CC2CCC1C2. The zero-order valence-corrected chi connectivity index (χ0v) is 14.2. The van der Waals surface area contributed by atoms with E-state index >= 15 is 0 Å². The number of fused-ring (bicyclic) bond motifs is 2.